The van der Waals surface area contributed by atoms with Crippen molar-refractivity contribution in [3.8, 4) is 0 Å². The number of anilines is 1. The van der Waals surface area contributed by atoms with E-state index in [1.54, 1.807) is 13.3 Å². The molecule has 0 aliphatic heterocycles. The van der Waals surface area contributed by atoms with Gasteiger partial charge in [0.05, 0.1) is 23.9 Å². The summed E-state index contributed by atoms with van der Waals surface area (Å²) in [5, 5.41) is 7.31. The van der Waals surface area contributed by atoms with E-state index in [2.05, 4.69) is 20.4 Å². The number of nitrogens with one attached hydrogen (secondary N) is 1. The zero-order valence-corrected chi connectivity index (χ0v) is 16.8. The van der Waals surface area contributed by atoms with Crippen LogP contribution in [-0.4, -0.2) is 47.0 Å². The molecule has 3 N–H and O–H groups in total. The summed E-state index contributed by atoms with van der Waals surface area (Å²) < 4.78 is 6.46. The number of ether oxygens (including phenoxy) is 1. The third kappa shape index (κ3) is 3.72. The average molecular weight is 402 g/mol. The Labute approximate surface area is 173 Å². The number of para-hydroxylation sites is 2. The highest BCUT2D eigenvalue weighted by atomic mass is 16.5. The number of rotatable bonds is 6. The second-order valence-electron chi connectivity index (χ2n) is 6.86. The van der Waals surface area contributed by atoms with Gasteiger partial charge in [-0.1, -0.05) is 42.0 Å². The molecule has 4 aromatic rings. The van der Waals surface area contributed by atoms with Crippen LogP contribution in [0.25, 0.3) is 22.2 Å². The van der Waals surface area contributed by atoms with Crippen LogP contribution in [0, 0.1) is 6.92 Å². The third-order valence-electron chi connectivity index (χ3n) is 4.66. The molecule has 0 radical (unpaired) electrons. The third-order valence-corrected chi connectivity index (χ3v) is 4.66. The topological polar surface area (TPSA) is 107 Å². The van der Waals surface area contributed by atoms with E-state index in [0.29, 0.717) is 35.3 Å². The molecule has 4 rings (SSSR count). The number of aryl methyl sites for hydroxylation is 1. The fraction of sp³-hybridized carbons (Fsp3) is 0.182. The van der Waals surface area contributed by atoms with Crippen molar-refractivity contribution in [3.05, 3.63) is 65.2 Å². The Balaban J connectivity index is 1.86. The van der Waals surface area contributed by atoms with Crippen LogP contribution in [0.5, 0.6) is 0 Å². The van der Waals surface area contributed by atoms with Gasteiger partial charge in [-0.15, -0.1) is 0 Å². The normalized spacial score (nSPS) is 11.5. The van der Waals surface area contributed by atoms with Gasteiger partial charge in [-0.05, 0) is 24.6 Å². The Kier molecular flexibility index (Phi) is 5.40. The van der Waals surface area contributed by atoms with E-state index in [9.17, 15) is 4.79 Å². The maximum absolute atomic E-state index is 12.8. The lowest BCUT2D eigenvalue weighted by atomic mass is 10.2. The molecule has 2 aromatic heterocycles. The van der Waals surface area contributed by atoms with Gasteiger partial charge >= 0.3 is 0 Å². The van der Waals surface area contributed by atoms with Gasteiger partial charge in [-0.3, -0.25) is 4.79 Å². The SMILES string of the molecule is COCCNC(=O)c1c(N)n(N=Cc2cccc(C)c2)c2nc3ccccc3nc12. The highest BCUT2D eigenvalue weighted by Crippen LogP contribution is 2.27. The molecule has 2 aromatic carbocycles. The van der Waals surface area contributed by atoms with Crippen molar-refractivity contribution in [2.75, 3.05) is 26.0 Å². The van der Waals surface area contributed by atoms with Crippen LogP contribution in [0.2, 0.25) is 0 Å². The van der Waals surface area contributed by atoms with Crippen molar-refractivity contribution in [1.29, 1.82) is 0 Å². The number of benzene rings is 2. The average Bonchev–Trinajstić information content (AvgIpc) is 3.01. The van der Waals surface area contributed by atoms with Crippen LogP contribution in [0.1, 0.15) is 21.5 Å². The number of nitrogen functional groups attached to an aromatic ring is 1. The molecular formula is C22H22N6O2. The second-order valence-corrected chi connectivity index (χ2v) is 6.86. The fourth-order valence-corrected chi connectivity index (χ4v) is 3.22. The van der Waals surface area contributed by atoms with Crippen LogP contribution < -0.4 is 11.1 Å². The highest BCUT2D eigenvalue weighted by Gasteiger charge is 2.23. The molecule has 2 heterocycles. The molecule has 8 nitrogen and oxygen atoms in total. The minimum Gasteiger partial charge on any atom is -0.383 e. The quantitative estimate of drug-likeness (QED) is 0.381. The fourth-order valence-electron chi connectivity index (χ4n) is 3.22. The molecule has 152 valence electrons. The predicted octanol–water partition coefficient (Wildman–Crippen LogP) is 2.73. The first-order valence-electron chi connectivity index (χ1n) is 9.53. The minimum absolute atomic E-state index is 0.180. The van der Waals surface area contributed by atoms with Gasteiger partial charge in [0.15, 0.2) is 5.65 Å². The lowest BCUT2D eigenvalue weighted by molar-refractivity contribution is 0.0939. The maximum atomic E-state index is 12.8. The lowest BCUT2D eigenvalue weighted by Crippen LogP contribution is -2.27. The van der Waals surface area contributed by atoms with Crippen molar-refractivity contribution in [2.24, 2.45) is 5.10 Å². The second kappa shape index (κ2) is 8.30. The van der Waals surface area contributed by atoms with Crippen molar-refractivity contribution in [2.45, 2.75) is 6.92 Å². The number of aromatic nitrogens is 3. The number of nitrogens with zero attached hydrogens (tertiary/aromatic N) is 4. The molecule has 0 saturated carbocycles. The summed E-state index contributed by atoms with van der Waals surface area (Å²) in [5.74, 6) is -0.164. The summed E-state index contributed by atoms with van der Waals surface area (Å²) in [6, 6.07) is 15.4. The maximum Gasteiger partial charge on any atom is 0.257 e. The number of carbonyl (C=O) groups excluding carboxylic acids is 1. The summed E-state index contributed by atoms with van der Waals surface area (Å²) in [5.41, 5.74) is 10.8. The van der Waals surface area contributed by atoms with Gasteiger partial charge in [0.2, 0.25) is 0 Å². The van der Waals surface area contributed by atoms with E-state index in [-0.39, 0.29) is 17.3 Å². The van der Waals surface area contributed by atoms with E-state index in [4.69, 9.17) is 10.5 Å². The van der Waals surface area contributed by atoms with Crippen molar-refractivity contribution >= 4 is 40.1 Å². The molecule has 0 spiro atoms. The molecule has 0 aliphatic carbocycles. The summed E-state index contributed by atoms with van der Waals surface area (Å²) in [7, 11) is 1.57. The van der Waals surface area contributed by atoms with Gasteiger partial charge in [0, 0.05) is 13.7 Å². The summed E-state index contributed by atoms with van der Waals surface area (Å²) in [6.45, 7) is 2.76. The highest BCUT2D eigenvalue weighted by molar-refractivity contribution is 6.10. The van der Waals surface area contributed by atoms with Crippen molar-refractivity contribution in [3.63, 3.8) is 0 Å². The van der Waals surface area contributed by atoms with Gasteiger partial charge in [-0.2, -0.15) is 9.78 Å². The van der Waals surface area contributed by atoms with E-state index in [0.717, 1.165) is 11.1 Å². The number of carbonyl (C=O) groups is 1. The van der Waals surface area contributed by atoms with E-state index < -0.39 is 0 Å². The van der Waals surface area contributed by atoms with Crippen LogP contribution in [0.4, 0.5) is 5.82 Å². The van der Waals surface area contributed by atoms with E-state index in [1.165, 1.54) is 4.68 Å². The van der Waals surface area contributed by atoms with Crippen molar-refractivity contribution in [1.82, 2.24) is 20.0 Å². The lowest BCUT2D eigenvalue weighted by Gasteiger charge is -2.04. The van der Waals surface area contributed by atoms with Crippen LogP contribution >= 0.6 is 0 Å². The Morgan fingerprint density at radius 1 is 1.20 bits per heavy atom. The number of amides is 1. The van der Waals surface area contributed by atoms with Crippen LogP contribution in [0.15, 0.2) is 53.6 Å². The van der Waals surface area contributed by atoms with Gasteiger partial charge in [0.25, 0.3) is 5.91 Å². The van der Waals surface area contributed by atoms with Crippen LogP contribution in [-0.2, 0) is 4.74 Å². The number of nitrogens with two attached hydrogens (primary N) is 1. The molecule has 0 fully saturated rings. The minimum atomic E-state index is -0.344. The predicted molar refractivity (Wildman–Crippen MR) is 118 cm³/mol. The summed E-state index contributed by atoms with van der Waals surface area (Å²) in [6.07, 6.45) is 1.69. The first-order chi connectivity index (χ1) is 14.6. The Morgan fingerprint density at radius 3 is 2.70 bits per heavy atom. The zero-order valence-electron chi connectivity index (χ0n) is 16.8. The number of methoxy groups -OCH3 is 1. The molecule has 1 amide bonds. The number of fused-ring (bicyclic) bond motifs is 2. The molecule has 0 atom stereocenters. The Hall–Kier alpha value is -3.78. The van der Waals surface area contributed by atoms with E-state index in [1.807, 2.05) is 55.5 Å². The molecule has 30 heavy (non-hydrogen) atoms. The molecular weight excluding hydrogens is 380 g/mol. The number of hydrogen-bond acceptors (Lipinski definition) is 6. The zero-order chi connectivity index (χ0) is 21.1. The largest absolute Gasteiger partial charge is 0.383 e. The first-order valence-corrected chi connectivity index (χ1v) is 9.53. The molecule has 0 unspecified atom stereocenters. The van der Waals surface area contributed by atoms with Crippen LogP contribution in [0.3, 0.4) is 0 Å². The van der Waals surface area contributed by atoms with Gasteiger partial charge in [-0.25, -0.2) is 9.97 Å². The smallest absolute Gasteiger partial charge is 0.257 e. The monoisotopic (exact) mass is 402 g/mol. The molecule has 0 aliphatic rings. The van der Waals surface area contributed by atoms with E-state index >= 15 is 0 Å². The van der Waals surface area contributed by atoms with Crippen molar-refractivity contribution < 1.29 is 9.53 Å². The van der Waals surface area contributed by atoms with Gasteiger partial charge in [0.1, 0.15) is 16.9 Å². The molecule has 8 heteroatoms. The Bertz CT molecular complexity index is 1260. The standard InChI is InChI=1S/C22H22N6O2/c1-14-6-5-7-15(12-14)13-25-28-20(23)18(22(29)24-10-11-30-2)19-21(28)27-17-9-4-3-8-16(17)26-19/h3-9,12-13H,10-11,23H2,1-2H3,(H,24,29). The summed E-state index contributed by atoms with van der Waals surface area (Å²) >= 11 is 0. The molecule has 0 bridgehead atoms. The van der Waals surface area contributed by atoms with Gasteiger partial charge < -0.3 is 15.8 Å². The first kappa shape index (κ1) is 19.5. The number of hydrogen-bond donors (Lipinski definition) is 2. The molecule has 0 saturated heterocycles. The summed E-state index contributed by atoms with van der Waals surface area (Å²) in [4.78, 5) is 22.2. The Morgan fingerprint density at radius 2 is 1.97 bits per heavy atom.